The molecule has 1 aromatic heterocycles. The van der Waals surface area contributed by atoms with Crippen LogP contribution in [-0.4, -0.2) is 30.7 Å². The molecule has 3 aromatic rings. The fraction of sp³-hybridized carbons (Fsp3) is 0.238. The number of thiazole rings is 1. The van der Waals surface area contributed by atoms with Crippen LogP contribution in [-0.2, 0) is 10.6 Å². The van der Waals surface area contributed by atoms with Crippen LogP contribution in [0.25, 0.3) is 0 Å². The number of nitrogens with zero attached hydrogens (tertiary/aromatic N) is 1. The Morgan fingerprint density at radius 1 is 1.13 bits per heavy atom. The molecule has 0 saturated carbocycles. The summed E-state index contributed by atoms with van der Waals surface area (Å²) in [6, 6.07) is 7.28. The molecule has 1 unspecified atom stereocenters. The van der Waals surface area contributed by atoms with Crippen LogP contribution >= 0.6 is 22.9 Å². The zero-order valence-corrected chi connectivity index (χ0v) is 18.2. The maximum Gasteiger partial charge on any atom is 0.257 e. The van der Waals surface area contributed by atoms with E-state index in [0.29, 0.717) is 23.2 Å². The van der Waals surface area contributed by atoms with E-state index in [-0.39, 0.29) is 29.0 Å². The number of methoxy groups -OCH3 is 1. The van der Waals surface area contributed by atoms with Gasteiger partial charge in [0.05, 0.1) is 18.2 Å². The Kier molecular flexibility index (Phi) is 7.78. The maximum atomic E-state index is 13.5. The molecule has 3 rings (SSSR count). The highest BCUT2D eigenvalue weighted by molar-refractivity contribution is 7.14. The van der Waals surface area contributed by atoms with E-state index in [1.165, 1.54) is 29.5 Å². The third-order valence-corrected chi connectivity index (χ3v) is 4.94. The first-order valence-electron chi connectivity index (χ1n) is 9.12. The number of carbonyl (C=O) groups excluding carboxylic acids is 1. The highest BCUT2D eigenvalue weighted by atomic mass is 35.5. The number of hydrogen-bond donors (Lipinski definition) is 1. The van der Waals surface area contributed by atoms with Gasteiger partial charge in [-0.3, -0.25) is 10.1 Å². The molecule has 0 aliphatic heterocycles. The second-order valence-corrected chi connectivity index (χ2v) is 7.64. The summed E-state index contributed by atoms with van der Waals surface area (Å²) in [6.07, 6.45) is -0.312. The molecule has 1 amide bonds. The predicted octanol–water partition coefficient (Wildman–Crippen LogP) is 5.62. The molecule has 10 heteroatoms. The number of benzene rings is 2. The molecule has 0 aliphatic carbocycles. The van der Waals surface area contributed by atoms with Crippen molar-refractivity contribution in [1.82, 2.24) is 4.98 Å². The van der Waals surface area contributed by atoms with Gasteiger partial charge in [0.25, 0.3) is 5.91 Å². The number of ether oxygens (including phenoxy) is 3. The monoisotopic (exact) mass is 468 g/mol. The van der Waals surface area contributed by atoms with Gasteiger partial charge >= 0.3 is 0 Å². The minimum atomic E-state index is -0.784. The lowest BCUT2D eigenvalue weighted by Crippen LogP contribution is -2.18. The largest absolute Gasteiger partial charge is 0.488 e. The van der Waals surface area contributed by atoms with Crippen LogP contribution in [0.15, 0.2) is 41.8 Å². The van der Waals surface area contributed by atoms with Gasteiger partial charge in [0.15, 0.2) is 5.13 Å². The van der Waals surface area contributed by atoms with E-state index >= 15 is 0 Å². The van der Waals surface area contributed by atoms with Gasteiger partial charge in [-0.2, -0.15) is 0 Å². The molecule has 2 aromatic carbocycles. The van der Waals surface area contributed by atoms with Crippen molar-refractivity contribution in [1.29, 1.82) is 0 Å². The van der Waals surface area contributed by atoms with Gasteiger partial charge in [-0.1, -0.05) is 0 Å². The van der Waals surface area contributed by atoms with E-state index in [1.807, 2.05) is 0 Å². The van der Waals surface area contributed by atoms with Crippen molar-refractivity contribution in [2.45, 2.75) is 18.9 Å². The van der Waals surface area contributed by atoms with Gasteiger partial charge < -0.3 is 14.2 Å². The zero-order valence-electron chi connectivity index (χ0n) is 16.7. The van der Waals surface area contributed by atoms with Gasteiger partial charge in [0, 0.05) is 42.3 Å². The SMILES string of the molecule is COCC(C)Oc1cc(Oc2cc(F)cc(F)c2)cc(C(=O)Nc2nc(CCl)cs2)c1. The smallest absolute Gasteiger partial charge is 0.257 e. The van der Waals surface area contributed by atoms with Crippen molar-refractivity contribution in [3.8, 4) is 17.2 Å². The molecule has 1 N–H and O–H groups in total. The van der Waals surface area contributed by atoms with Crippen LogP contribution in [0.3, 0.4) is 0 Å². The Morgan fingerprint density at radius 3 is 2.45 bits per heavy atom. The van der Waals surface area contributed by atoms with Crippen LogP contribution in [0.2, 0.25) is 0 Å². The molecule has 0 fully saturated rings. The second kappa shape index (κ2) is 10.5. The summed E-state index contributed by atoms with van der Waals surface area (Å²) in [6.45, 7) is 2.12. The number of anilines is 1. The van der Waals surface area contributed by atoms with E-state index in [1.54, 1.807) is 19.4 Å². The number of halogens is 3. The quantitative estimate of drug-likeness (QED) is 0.413. The third-order valence-electron chi connectivity index (χ3n) is 3.86. The number of alkyl halides is 1. The summed E-state index contributed by atoms with van der Waals surface area (Å²) < 4.78 is 43.4. The average molecular weight is 469 g/mol. The second-order valence-electron chi connectivity index (χ2n) is 6.52. The normalized spacial score (nSPS) is 11.8. The Bertz CT molecular complexity index is 1040. The Hall–Kier alpha value is -2.75. The van der Waals surface area contributed by atoms with Crippen LogP contribution in [0.5, 0.6) is 17.2 Å². The summed E-state index contributed by atoms with van der Waals surface area (Å²) in [5, 5.41) is 4.80. The van der Waals surface area contributed by atoms with Gasteiger partial charge in [0.2, 0.25) is 0 Å². The summed E-state index contributed by atoms with van der Waals surface area (Å²) in [5.41, 5.74) is 0.848. The number of nitrogens with one attached hydrogen (secondary N) is 1. The van der Waals surface area contributed by atoms with E-state index in [4.69, 9.17) is 25.8 Å². The highest BCUT2D eigenvalue weighted by Gasteiger charge is 2.15. The molecular formula is C21H19ClF2N2O4S. The van der Waals surface area contributed by atoms with Crippen LogP contribution in [0.1, 0.15) is 23.0 Å². The first-order valence-corrected chi connectivity index (χ1v) is 10.5. The standard InChI is InChI=1S/C21H19ClF2N2O4S/c1-12(10-28-2)29-17-3-13(20(27)26-21-25-16(9-22)11-31-21)4-18(8-17)30-19-6-14(23)5-15(24)7-19/h3-8,11-12H,9-10H2,1-2H3,(H,25,26,27). The lowest BCUT2D eigenvalue weighted by molar-refractivity contribution is 0.0916. The van der Waals surface area contributed by atoms with Crippen molar-refractivity contribution in [2.24, 2.45) is 0 Å². The van der Waals surface area contributed by atoms with Gasteiger partial charge in [-0.25, -0.2) is 13.8 Å². The van der Waals surface area contributed by atoms with E-state index < -0.39 is 17.5 Å². The lowest BCUT2D eigenvalue weighted by Gasteiger charge is -2.16. The van der Waals surface area contributed by atoms with Crippen molar-refractivity contribution in [2.75, 3.05) is 19.0 Å². The fourth-order valence-electron chi connectivity index (χ4n) is 2.65. The molecule has 0 bridgehead atoms. The summed E-state index contributed by atoms with van der Waals surface area (Å²) in [4.78, 5) is 16.9. The van der Waals surface area contributed by atoms with Crippen molar-refractivity contribution < 1.29 is 27.8 Å². The van der Waals surface area contributed by atoms with Gasteiger partial charge in [-0.05, 0) is 19.1 Å². The maximum absolute atomic E-state index is 13.5. The molecule has 0 radical (unpaired) electrons. The molecular weight excluding hydrogens is 450 g/mol. The van der Waals surface area contributed by atoms with Crippen LogP contribution < -0.4 is 14.8 Å². The minimum Gasteiger partial charge on any atom is -0.488 e. The lowest BCUT2D eigenvalue weighted by atomic mass is 10.2. The summed E-state index contributed by atoms with van der Waals surface area (Å²) in [5.74, 6) is -1.37. The average Bonchev–Trinajstić information content (AvgIpc) is 3.14. The van der Waals surface area contributed by atoms with Gasteiger partial charge in [-0.15, -0.1) is 22.9 Å². The zero-order chi connectivity index (χ0) is 22.4. The molecule has 31 heavy (non-hydrogen) atoms. The Morgan fingerprint density at radius 2 is 1.81 bits per heavy atom. The number of carbonyl (C=O) groups is 1. The van der Waals surface area contributed by atoms with Crippen LogP contribution in [0.4, 0.5) is 13.9 Å². The number of aromatic nitrogens is 1. The third kappa shape index (κ3) is 6.61. The number of amides is 1. The van der Waals surface area contributed by atoms with Crippen molar-refractivity contribution >= 4 is 34.0 Å². The molecule has 1 atom stereocenters. The van der Waals surface area contributed by atoms with Crippen molar-refractivity contribution in [3.63, 3.8) is 0 Å². The molecule has 164 valence electrons. The predicted molar refractivity (Wildman–Crippen MR) is 114 cm³/mol. The van der Waals surface area contributed by atoms with Crippen molar-refractivity contribution in [3.05, 3.63) is 64.7 Å². The first kappa shape index (κ1) is 22.9. The fourth-order valence-corrected chi connectivity index (χ4v) is 3.58. The minimum absolute atomic E-state index is 0.0578. The molecule has 0 spiro atoms. The molecule has 6 nitrogen and oxygen atoms in total. The Labute approximate surface area is 186 Å². The Balaban J connectivity index is 1.88. The summed E-state index contributed by atoms with van der Waals surface area (Å²) in [7, 11) is 1.54. The van der Waals surface area contributed by atoms with Gasteiger partial charge in [0.1, 0.15) is 35.0 Å². The number of rotatable bonds is 9. The van der Waals surface area contributed by atoms with E-state index in [0.717, 1.165) is 18.2 Å². The molecule has 0 aliphatic rings. The van der Waals surface area contributed by atoms with E-state index in [2.05, 4.69) is 10.3 Å². The summed E-state index contributed by atoms with van der Waals surface area (Å²) >= 11 is 6.98. The van der Waals surface area contributed by atoms with E-state index in [9.17, 15) is 13.6 Å². The van der Waals surface area contributed by atoms with Crippen LogP contribution in [0, 0.1) is 11.6 Å². The topological polar surface area (TPSA) is 69.7 Å². The highest BCUT2D eigenvalue weighted by Crippen LogP contribution is 2.30. The molecule has 1 heterocycles. The number of hydrogen-bond acceptors (Lipinski definition) is 6. The first-order chi connectivity index (χ1) is 14.9. The molecule has 0 saturated heterocycles.